The van der Waals surface area contributed by atoms with E-state index in [1.54, 1.807) is 6.07 Å². The number of ether oxygens (including phenoxy) is 1. The Kier molecular flexibility index (Phi) is 8.24. The van der Waals surface area contributed by atoms with Gasteiger partial charge in [0.2, 0.25) is 0 Å². The number of likely N-dealkylation sites (tertiary alicyclic amines) is 1. The Balaban J connectivity index is 0.00000117. The minimum absolute atomic E-state index is 0.314. The number of fused-ring (bicyclic) bond motifs is 1. The highest BCUT2D eigenvalue weighted by molar-refractivity contribution is 14.1. The van der Waals surface area contributed by atoms with E-state index < -0.39 is 0 Å². The van der Waals surface area contributed by atoms with Crippen LogP contribution < -0.4 is 4.74 Å². The summed E-state index contributed by atoms with van der Waals surface area (Å²) in [7, 11) is 0. The molecule has 0 atom stereocenters. The molecule has 4 rings (SSSR count). The molecular weight excluding hydrogens is 475 g/mol. The van der Waals surface area contributed by atoms with E-state index in [1.807, 2.05) is 17.1 Å². The van der Waals surface area contributed by atoms with E-state index in [2.05, 4.69) is 69.4 Å². The molecule has 0 bridgehead atoms. The quantitative estimate of drug-likeness (QED) is 0.349. The lowest BCUT2D eigenvalue weighted by atomic mass is 10.1. The van der Waals surface area contributed by atoms with Crippen LogP contribution in [-0.4, -0.2) is 45.7 Å². The summed E-state index contributed by atoms with van der Waals surface area (Å²) in [5.74, 6) is 1.25. The largest absolute Gasteiger partial charge is 0.508 e. The zero-order chi connectivity index (χ0) is 20.6. The number of hydrogen-bond donors (Lipinski definition) is 1. The molecule has 0 saturated carbocycles. The van der Waals surface area contributed by atoms with Gasteiger partial charge in [-0.3, -0.25) is 4.90 Å². The van der Waals surface area contributed by atoms with Crippen molar-refractivity contribution >= 4 is 33.5 Å². The Morgan fingerprint density at radius 1 is 1.00 bits per heavy atom. The van der Waals surface area contributed by atoms with E-state index in [1.165, 1.54) is 43.5 Å². The molecular formula is C24H31IN2O2. The van der Waals surface area contributed by atoms with Crippen molar-refractivity contribution in [3.05, 3.63) is 59.8 Å². The number of phenolic OH excluding ortho intramolecular Hbond substituents is 1. The fraction of sp³-hybridized carbons (Fsp3) is 0.417. The average molecular weight is 506 g/mol. The molecule has 1 aromatic heterocycles. The number of aryl methyl sites for hydroxylation is 1. The number of aromatic nitrogens is 1. The monoisotopic (exact) mass is 506 g/mol. The summed E-state index contributed by atoms with van der Waals surface area (Å²) >= 11 is 2.15. The molecule has 0 aliphatic carbocycles. The van der Waals surface area contributed by atoms with Crippen LogP contribution in [0.3, 0.4) is 0 Å². The summed E-state index contributed by atoms with van der Waals surface area (Å²) < 4.78 is 8.16. The fourth-order valence-electron chi connectivity index (χ4n) is 3.96. The van der Waals surface area contributed by atoms with Crippen molar-refractivity contribution in [2.45, 2.75) is 32.7 Å². The Morgan fingerprint density at radius 2 is 1.72 bits per heavy atom. The Morgan fingerprint density at radius 3 is 2.45 bits per heavy atom. The molecule has 1 N–H and O–H groups in total. The maximum Gasteiger partial charge on any atom is 0.119 e. The van der Waals surface area contributed by atoms with Crippen molar-refractivity contribution in [2.24, 2.45) is 0 Å². The molecule has 1 aliphatic rings. The Bertz CT molecular complexity index is 899. The minimum atomic E-state index is 0.314. The highest BCUT2D eigenvalue weighted by Gasteiger charge is 2.10. The molecule has 4 nitrogen and oxygen atoms in total. The summed E-state index contributed by atoms with van der Waals surface area (Å²) in [5, 5.41) is 10.8. The van der Waals surface area contributed by atoms with Crippen LogP contribution in [0.4, 0.5) is 0 Å². The summed E-state index contributed by atoms with van der Waals surface area (Å²) in [4.78, 5) is 4.47. The van der Waals surface area contributed by atoms with Gasteiger partial charge in [0, 0.05) is 30.2 Å². The first-order valence-electron chi connectivity index (χ1n) is 10.3. The van der Waals surface area contributed by atoms with Crippen LogP contribution in [0.25, 0.3) is 10.9 Å². The standard InChI is InChI=1S/C23H28N2O2.CH3I/c1-18-16-25(23-10-7-20(26)15-22(18)23)17-19-5-8-21(9-6-19)27-14-13-24-11-3-2-4-12-24;1-2/h5-10,15-16,26H,2-4,11-14,17H2,1H3;1H3. The molecule has 0 unspecified atom stereocenters. The first-order chi connectivity index (χ1) is 14.2. The van der Waals surface area contributed by atoms with Crippen molar-refractivity contribution in [1.29, 1.82) is 0 Å². The van der Waals surface area contributed by atoms with Crippen LogP contribution in [0.15, 0.2) is 48.7 Å². The van der Waals surface area contributed by atoms with Gasteiger partial charge >= 0.3 is 0 Å². The summed E-state index contributed by atoms with van der Waals surface area (Å²) in [6, 6.07) is 14.0. The van der Waals surface area contributed by atoms with Crippen LogP contribution in [0.2, 0.25) is 0 Å². The third-order valence-corrected chi connectivity index (χ3v) is 5.47. The van der Waals surface area contributed by atoms with Gasteiger partial charge in [-0.15, -0.1) is 0 Å². The minimum Gasteiger partial charge on any atom is -0.508 e. The smallest absolute Gasteiger partial charge is 0.119 e. The lowest BCUT2D eigenvalue weighted by molar-refractivity contribution is 0.183. The van der Waals surface area contributed by atoms with Crippen LogP contribution in [0, 0.1) is 6.92 Å². The first-order valence-corrected chi connectivity index (χ1v) is 12.5. The number of halogens is 1. The summed E-state index contributed by atoms with van der Waals surface area (Å²) in [5.41, 5.74) is 3.56. The Labute approximate surface area is 187 Å². The van der Waals surface area contributed by atoms with Gasteiger partial charge in [0.15, 0.2) is 0 Å². The summed E-state index contributed by atoms with van der Waals surface area (Å²) in [6.07, 6.45) is 6.16. The molecule has 1 fully saturated rings. The van der Waals surface area contributed by atoms with Gasteiger partial charge in [-0.05, 0) is 79.2 Å². The van der Waals surface area contributed by atoms with Crippen molar-refractivity contribution in [1.82, 2.24) is 9.47 Å². The van der Waals surface area contributed by atoms with E-state index in [9.17, 15) is 5.11 Å². The first kappa shape index (κ1) is 22.0. The van der Waals surface area contributed by atoms with Crippen LogP contribution in [-0.2, 0) is 6.54 Å². The topological polar surface area (TPSA) is 37.6 Å². The lowest BCUT2D eigenvalue weighted by Crippen LogP contribution is -2.33. The third kappa shape index (κ3) is 5.89. The second-order valence-corrected chi connectivity index (χ2v) is 7.54. The van der Waals surface area contributed by atoms with Crippen molar-refractivity contribution < 1.29 is 9.84 Å². The maximum atomic E-state index is 9.71. The van der Waals surface area contributed by atoms with Gasteiger partial charge in [0.05, 0.1) is 0 Å². The van der Waals surface area contributed by atoms with Crippen LogP contribution >= 0.6 is 22.6 Å². The van der Waals surface area contributed by atoms with E-state index in [0.717, 1.165) is 36.3 Å². The van der Waals surface area contributed by atoms with Gasteiger partial charge in [-0.1, -0.05) is 41.1 Å². The number of hydrogen-bond acceptors (Lipinski definition) is 3. The van der Waals surface area contributed by atoms with E-state index in [0.29, 0.717) is 5.75 Å². The normalized spacial score (nSPS) is 14.4. The molecule has 5 heteroatoms. The number of benzene rings is 2. The summed E-state index contributed by atoms with van der Waals surface area (Å²) in [6.45, 7) is 7.09. The van der Waals surface area contributed by atoms with Gasteiger partial charge in [0.1, 0.15) is 18.1 Å². The highest BCUT2D eigenvalue weighted by Crippen LogP contribution is 2.26. The molecule has 1 aliphatic heterocycles. The van der Waals surface area contributed by atoms with Gasteiger partial charge in [-0.25, -0.2) is 0 Å². The number of nitrogens with zero attached hydrogens (tertiary/aromatic N) is 2. The van der Waals surface area contributed by atoms with Crippen molar-refractivity contribution in [3.8, 4) is 11.5 Å². The molecule has 156 valence electrons. The SMILES string of the molecule is CI.Cc1cn(Cc2ccc(OCCN3CCCCC3)cc2)c2ccc(O)cc12. The molecule has 2 heterocycles. The zero-order valence-corrected chi connectivity index (χ0v) is 19.6. The Hall–Kier alpha value is -1.73. The second-order valence-electron chi connectivity index (χ2n) is 7.54. The number of alkyl halides is 1. The predicted octanol–water partition coefficient (Wildman–Crippen LogP) is 5.62. The van der Waals surface area contributed by atoms with Gasteiger partial charge < -0.3 is 14.4 Å². The molecule has 1 saturated heterocycles. The van der Waals surface area contributed by atoms with E-state index in [4.69, 9.17) is 4.74 Å². The molecule has 0 amide bonds. The number of phenols is 1. The fourth-order valence-corrected chi connectivity index (χ4v) is 3.96. The van der Waals surface area contributed by atoms with E-state index in [-0.39, 0.29) is 0 Å². The second kappa shape index (κ2) is 10.9. The third-order valence-electron chi connectivity index (χ3n) is 5.47. The molecule has 0 radical (unpaired) electrons. The predicted molar refractivity (Wildman–Crippen MR) is 130 cm³/mol. The average Bonchev–Trinajstić information content (AvgIpc) is 3.06. The maximum absolute atomic E-state index is 9.71. The van der Waals surface area contributed by atoms with Crippen LogP contribution in [0.1, 0.15) is 30.4 Å². The molecule has 3 aromatic rings. The lowest BCUT2D eigenvalue weighted by Gasteiger charge is -2.26. The molecule has 29 heavy (non-hydrogen) atoms. The molecule has 0 spiro atoms. The van der Waals surface area contributed by atoms with Gasteiger partial charge in [0.25, 0.3) is 0 Å². The molecule has 2 aromatic carbocycles. The number of rotatable bonds is 6. The van der Waals surface area contributed by atoms with Crippen molar-refractivity contribution in [2.75, 3.05) is 31.2 Å². The number of aromatic hydroxyl groups is 1. The number of piperidine rings is 1. The van der Waals surface area contributed by atoms with Crippen molar-refractivity contribution in [3.63, 3.8) is 0 Å². The zero-order valence-electron chi connectivity index (χ0n) is 17.4. The highest BCUT2D eigenvalue weighted by atomic mass is 127. The van der Waals surface area contributed by atoms with Crippen LogP contribution in [0.5, 0.6) is 11.5 Å². The van der Waals surface area contributed by atoms with Gasteiger partial charge in [-0.2, -0.15) is 0 Å². The van der Waals surface area contributed by atoms with E-state index >= 15 is 0 Å².